The summed E-state index contributed by atoms with van der Waals surface area (Å²) < 4.78 is 5.76. The summed E-state index contributed by atoms with van der Waals surface area (Å²) in [7, 11) is 0. The molecule has 7 nitrogen and oxygen atoms in total. The topological polar surface area (TPSA) is 90.3 Å². The van der Waals surface area contributed by atoms with Crippen molar-refractivity contribution < 1.29 is 24.5 Å². The van der Waals surface area contributed by atoms with Crippen molar-refractivity contribution in [3.63, 3.8) is 0 Å². The van der Waals surface area contributed by atoms with Gasteiger partial charge in [-0.15, -0.1) is 0 Å². The number of aliphatic carboxylic acids is 2. The minimum atomic E-state index is -1.82. The molecule has 3 rings (SSSR count). The molecule has 28 heavy (non-hydrogen) atoms. The van der Waals surface area contributed by atoms with E-state index in [2.05, 4.69) is 41.0 Å². The van der Waals surface area contributed by atoms with E-state index in [9.17, 15) is 0 Å². The molecule has 1 aromatic rings. The molecule has 1 aromatic carbocycles. The van der Waals surface area contributed by atoms with Gasteiger partial charge in [-0.25, -0.2) is 9.59 Å². The Labute approximate surface area is 166 Å². The maximum Gasteiger partial charge on any atom is 0.414 e. The van der Waals surface area contributed by atoms with E-state index in [1.54, 1.807) is 0 Å². The van der Waals surface area contributed by atoms with E-state index in [4.69, 9.17) is 24.5 Å². The van der Waals surface area contributed by atoms with Gasteiger partial charge in [-0.05, 0) is 64.9 Å². The van der Waals surface area contributed by atoms with E-state index < -0.39 is 11.9 Å². The average Bonchev–Trinajstić information content (AvgIpc) is 2.71. The minimum Gasteiger partial charge on any atom is -0.494 e. The Kier molecular flexibility index (Phi) is 9.23. The van der Waals surface area contributed by atoms with Crippen molar-refractivity contribution in [2.45, 2.75) is 51.6 Å². The first-order valence-corrected chi connectivity index (χ1v) is 10.1. The number of rotatable bonds is 5. The highest BCUT2D eigenvalue weighted by molar-refractivity contribution is 6.27. The van der Waals surface area contributed by atoms with Crippen molar-refractivity contribution in [1.82, 2.24) is 9.80 Å². The lowest BCUT2D eigenvalue weighted by atomic mass is 9.99. The first kappa shape index (κ1) is 22.2. The maximum absolute atomic E-state index is 9.10. The van der Waals surface area contributed by atoms with Gasteiger partial charge in [0.2, 0.25) is 0 Å². The molecule has 2 saturated heterocycles. The van der Waals surface area contributed by atoms with E-state index in [1.165, 1.54) is 63.8 Å². The summed E-state index contributed by atoms with van der Waals surface area (Å²) in [4.78, 5) is 23.5. The van der Waals surface area contributed by atoms with Crippen molar-refractivity contribution in [3.8, 4) is 5.75 Å². The van der Waals surface area contributed by atoms with Crippen LogP contribution in [0.15, 0.2) is 24.3 Å². The third-order valence-corrected chi connectivity index (χ3v) is 5.31. The zero-order valence-corrected chi connectivity index (χ0v) is 16.7. The molecule has 2 heterocycles. The molecule has 0 spiro atoms. The number of carboxylic acids is 2. The zero-order valence-electron chi connectivity index (χ0n) is 16.7. The molecule has 0 atom stereocenters. The second-order valence-corrected chi connectivity index (χ2v) is 7.25. The standard InChI is InChI=1S/C19H30N2O.C2H2O4/c1-2-22-19-9-5-4-8-17(19)16-20-14-10-18(11-15-20)21-12-6-3-7-13-21;3-1(4)2(5)6/h4-5,8-9,18H,2-3,6-7,10-16H2,1H3;(H,3,4)(H,5,6). The molecule has 0 aliphatic carbocycles. The molecule has 0 aromatic heterocycles. The number of ether oxygens (including phenoxy) is 1. The number of benzene rings is 1. The van der Waals surface area contributed by atoms with Crippen LogP contribution in [0, 0.1) is 0 Å². The van der Waals surface area contributed by atoms with Crippen molar-refractivity contribution in [3.05, 3.63) is 29.8 Å². The van der Waals surface area contributed by atoms with Gasteiger partial charge in [0.25, 0.3) is 0 Å². The molecular formula is C21H32N2O5. The third-order valence-electron chi connectivity index (χ3n) is 5.31. The van der Waals surface area contributed by atoms with Gasteiger partial charge < -0.3 is 19.8 Å². The molecule has 2 aliphatic rings. The van der Waals surface area contributed by atoms with Crippen LogP contribution in [0.1, 0.15) is 44.6 Å². The first-order valence-electron chi connectivity index (χ1n) is 10.1. The maximum atomic E-state index is 9.10. The van der Waals surface area contributed by atoms with Crippen LogP contribution in [0.4, 0.5) is 0 Å². The Bertz CT molecular complexity index is 611. The Hall–Kier alpha value is -2.12. The molecule has 0 bridgehead atoms. The molecule has 0 radical (unpaired) electrons. The van der Waals surface area contributed by atoms with Crippen LogP contribution in [0.5, 0.6) is 5.75 Å². The largest absolute Gasteiger partial charge is 0.494 e. The number of para-hydroxylation sites is 1. The Morgan fingerprint density at radius 1 is 1.00 bits per heavy atom. The number of piperidine rings is 2. The van der Waals surface area contributed by atoms with Crippen LogP contribution in [0.3, 0.4) is 0 Å². The Balaban J connectivity index is 0.000000409. The predicted molar refractivity (Wildman–Crippen MR) is 107 cm³/mol. The van der Waals surface area contributed by atoms with Gasteiger partial charge in [0.05, 0.1) is 6.61 Å². The summed E-state index contributed by atoms with van der Waals surface area (Å²) >= 11 is 0. The average molecular weight is 392 g/mol. The molecule has 0 amide bonds. The number of likely N-dealkylation sites (tertiary alicyclic amines) is 2. The van der Waals surface area contributed by atoms with Crippen molar-refractivity contribution in [2.75, 3.05) is 32.8 Å². The van der Waals surface area contributed by atoms with Crippen LogP contribution in [0.2, 0.25) is 0 Å². The zero-order chi connectivity index (χ0) is 20.4. The summed E-state index contributed by atoms with van der Waals surface area (Å²) in [5.74, 6) is -2.59. The lowest BCUT2D eigenvalue weighted by Gasteiger charge is -2.40. The number of nitrogens with zero attached hydrogens (tertiary/aromatic N) is 2. The SMILES string of the molecule is CCOc1ccccc1CN1CCC(N2CCCCC2)CC1.O=C(O)C(=O)O. The number of hydrogen-bond acceptors (Lipinski definition) is 5. The molecule has 2 fully saturated rings. The molecule has 156 valence electrons. The number of hydrogen-bond donors (Lipinski definition) is 2. The van der Waals surface area contributed by atoms with E-state index >= 15 is 0 Å². The molecular weight excluding hydrogens is 360 g/mol. The van der Waals surface area contributed by atoms with Crippen LogP contribution < -0.4 is 4.74 Å². The molecule has 0 unspecified atom stereocenters. The number of carbonyl (C=O) groups is 2. The van der Waals surface area contributed by atoms with E-state index in [1.807, 2.05) is 0 Å². The lowest BCUT2D eigenvalue weighted by Crippen LogP contribution is -2.46. The molecule has 2 aliphatic heterocycles. The van der Waals surface area contributed by atoms with Gasteiger partial charge >= 0.3 is 11.9 Å². The van der Waals surface area contributed by atoms with Crippen LogP contribution in [-0.4, -0.2) is 70.8 Å². The van der Waals surface area contributed by atoms with Gasteiger partial charge in [0.1, 0.15) is 5.75 Å². The van der Waals surface area contributed by atoms with E-state index in [0.29, 0.717) is 0 Å². The minimum absolute atomic E-state index is 0.744. The second-order valence-electron chi connectivity index (χ2n) is 7.25. The Morgan fingerprint density at radius 2 is 1.61 bits per heavy atom. The number of carboxylic acid groups (broad SMARTS) is 2. The Morgan fingerprint density at radius 3 is 2.18 bits per heavy atom. The molecule has 2 N–H and O–H groups in total. The third kappa shape index (κ3) is 7.13. The monoisotopic (exact) mass is 392 g/mol. The van der Waals surface area contributed by atoms with Crippen molar-refractivity contribution in [1.29, 1.82) is 0 Å². The fraction of sp³-hybridized carbons (Fsp3) is 0.619. The van der Waals surface area contributed by atoms with E-state index in [-0.39, 0.29) is 0 Å². The summed E-state index contributed by atoms with van der Waals surface area (Å²) in [5.41, 5.74) is 1.33. The predicted octanol–water partition coefficient (Wildman–Crippen LogP) is 2.69. The van der Waals surface area contributed by atoms with Gasteiger partial charge in [-0.3, -0.25) is 4.90 Å². The molecule has 0 saturated carbocycles. The quantitative estimate of drug-likeness (QED) is 0.745. The van der Waals surface area contributed by atoms with Gasteiger partial charge in [0.15, 0.2) is 0 Å². The fourth-order valence-corrected chi connectivity index (χ4v) is 3.90. The van der Waals surface area contributed by atoms with Crippen LogP contribution >= 0.6 is 0 Å². The highest BCUT2D eigenvalue weighted by atomic mass is 16.5. The highest BCUT2D eigenvalue weighted by Gasteiger charge is 2.25. The fourth-order valence-electron chi connectivity index (χ4n) is 3.90. The summed E-state index contributed by atoms with van der Waals surface area (Å²) in [5, 5.41) is 14.8. The van der Waals surface area contributed by atoms with E-state index in [0.717, 1.165) is 24.9 Å². The lowest BCUT2D eigenvalue weighted by molar-refractivity contribution is -0.159. The molecule has 7 heteroatoms. The van der Waals surface area contributed by atoms with Gasteiger partial charge in [0, 0.05) is 18.2 Å². The van der Waals surface area contributed by atoms with Crippen LogP contribution in [0.25, 0.3) is 0 Å². The summed E-state index contributed by atoms with van der Waals surface area (Å²) in [6, 6.07) is 9.33. The summed E-state index contributed by atoms with van der Waals surface area (Å²) in [6.45, 7) is 8.94. The smallest absolute Gasteiger partial charge is 0.414 e. The summed E-state index contributed by atoms with van der Waals surface area (Å²) in [6.07, 6.45) is 6.90. The van der Waals surface area contributed by atoms with Crippen molar-refractivity contribution in [2.24, 2.45) is 0 Å². The second kappa shape index (κ2) is 11.7. The van der Waals surface area contributed by atoms with Crippen LogP contribution in [-0.2, 0) is 16.1 Å². The normalized spacial score (nSPS) is 18.8. The van der Waals surface area contributed by atoms with Crippen molar-refractivity contribution >= 4 is 11.9 Å². The highest BCUT2D eigenvalue weighted by Crippen LogP contribution is 2.24. The first-order chi connectivity index (χ1) is 13.5. The van der Waals surface area contributed by atoms with Gasteiger partial charge in [-0.2, -0.15) is 0 Å². The van der Waals surface area contributed by atoms with Gasteiger partial charge in [-0.1, -0.05) is 24.6 Å².